The third-order valence-corrected chi connectivity index (χ3v) is 4.58. The summed E-state index contributed by atoms with van der Waals surface area (Å²) in [6.07, 6.45) is 0. The minimum Gasteiger partial charge on any atom is -0.481 e. The van der Waals surface area contributed by atoms with E-state index in [-0.39, 0.29) is 11.1 Å². The van der Waals surface area contributed by atoms with Crippen molar-refractivity contribution < 1.29 is 24.6 Å². The van der Waals surface area contributed by atoms with Gasteiger partial charge in [0.05, 0.1) is 5.92 Å². The summed E-state index contributed by atoms with van der Waals surface area (Å²) < 4.78 is 0. The number of nitrogens with one attached hydrogen (secondary N) is 1. The van der Waals surface area contributed by atoms with Crippen molar-refractivity contribution in [3.63, 3.8) is 0 Å². The lowest BCUT2D eigenvalue weighted by atomic mass is 9.78. The highest BCUT2D eigenvalue weighted by molar-refractivity contribution is 6.31. The summed E-state index contributed by atoms with van der Waals surface area (Å²) in [6.45, 7) is 1.22. The molecule has 1 amide bonds. The monoisotopic (exact) mass is 395 g/mol. The molecule has 0 saturated heterocycles. The van der Waals surface area contributed by atoms with Crippen molar-refractivity contribution in [1.82, 2.24) is 5.32 Å². The maximum absolute atomic E-state index is 12.6. The quantitative estimate of drug-likeness (QED) is 0.694. The van der Waals surface area contributed by atoms with Crippen LogP contribution in [-0.4, -0.2) is 28.1 Å². The number of carboxylic acids is 2. The van der Waals surface area contributed by atoms with Gasteiger partial charge in [-0.1, -0.05) is 35.3 Å². The Labute approximate surface area is 159 Å². The second kappa shape index (κ2) is 7.76. The van der Waals surface area contributed by atoms with Crippen LogP contribution in [0.2, 0.25) is 10.0 Å². The van der Waals surface area contributed by atoms with Crippen molar-refractivity contribution in [1.29, 1.82) is 0 Å². The zero-order valence-electron chi connectivity index (χ0n) is 13.6. The molecule has 0 radical (unpaired) electrons. The van der Waals surface area contributed by atoms with E-state index in [2.05, 4.69) is 5.32 Å². The predicted octanol–water partition coefficient (Wildman–Crippen LogP) is 3.42. The topological polar surface area (TPSA) is 104 Å². The van der Waals surface area contributed by atoms with Crippen molar-refractivity contribution in [2.75, 3.05) is 0 Å². The first-order valence-electron chi connectivity index (χ1n) is 7.48. The number of carbonyl (C=O) groups is 3. The molecule has 2 rings (SSSR count). The highest BCUT2D eigenvalue weighted by Crippen LogP contribution is 2.32. The van der Waals surface area contributed by atoms with Crippen molar-refractivity contribution >= 4 is 41.0 Å². The van der Waals surface area contributed by atoms with Gasteiger partial charge in [-0.05, 0) is 48.9 Å². The minimum atomic E-state index is -2.19. The molecule has 0 aromatic heterocycles. The first-order chi connectivity index (χ1) is 12.2. The molecule has 8 heteroatoms. The SMILES string of the molecule is CC(C(=O)O)[C@](NC(=O)c1ccc(Cl)cc1)(C(=O)O)c1ccc(Cl)cc1. The fourth-order valence-electron chi connectivity index (χ4n) is 2.54. The van der Waals surface area contributed by atoms with Gasteiger partial charge in [0.15, 0.2) is 5.54 Å². The lowest BCUT2D eigenvalue weighted by Crippen LogP contribution is -2.58. The number of halogens is 2. The first-order valence-corrected chi connectivity index (χ1v) is 8.24. The number of aliphatic carboxylic acids is 2. The molecule has 2 atom stereocenters. The van der Waals surface area contributed by atoms with Gasteiger partial charge in [-0.3, -0.25) is 9.59 Å². The van der Waals surface area contributed by atoms with Crippen LogP contribution in [0.5, 0.6) is 0 Å². The molecule has 0 bridgehead atoms. The molecular formula is C18H15Cl2NO5. The largest absolute Gasteiger partial charge is 0.481 e. The summed E-state index contributed by atoms with van der Waals surface area (Å²) in [5.41, 5.74) is -1.95. The van der Waals surface area contributed by atoms with Crippen LogP contribution in [0.4, 0.5) is 0 Å². The Kier molecular flexibility index (Phi) is 5.90. The Hall–Kier alpha value is -2.57. The summed E-state index contributed by atoms with van der Waals surface area (Å²) in [5.74, 6) is -5.08. The van der Waals surface area contributed by atoms with Crippen LogP contribution in [0.25, 0.3) is 0 Å². The molecule has 1 unspecified atom stereocenters. The molecular weight excluding hydrogens is 381 g/mol. The summed E-state index contributed by atoms with van der Waals surface area (Å²) in [4.78, 5) is 36.3. The van der Waals surface area contributed by atoms with E-state index in [1.807, 2.05) is 0 Å². The first kappa shape index (κ1) is 19.8. The Balaban J connectivity index is 2.56. The van der Waals surface area contributed by atoms with Crippen LogP contribution < -0.4 is 5.32 Å². The van der Waals surface area contributed by atoms with E-state index in [0.29, 0.717) is 10.0 Å². The Morgan fingerprint density at radius 2 is 1.38 bits per heavy atom. The number of carbonyl (C=O) groups excluding carboxylic acids is 1. The standard InChI is InChI=1S/C18H15Cl2NO5/c1-10(16(23)24)18(17(25)26,12-4-8-14(20)9-5-12)21-15(22)11-2-6-13(19)7-3-11/h2-10H,1H3,(H,21,22)(H,23,24)(H,25,26)/t10?,18-/m1/s1. The molecule has 3 N–H and O–H groups in total. The average molecular weight is 396 g/mol. The summed E-state index contributed by atoms with van der Waals surface area (Å²) in [7, 11) is 0. The molecule has 0 aliphatic heterocycles. The van der Waals surface area contributed by atoms with Crippen LogP contribution >= 0.6 is 23.2 Å². The van der Waals surface area contributed by atoms with E-state index in [0.717, 1.165) is 0 Å². The predicted molar refractivity (Wildman–Crippen MR) is 96.5 cm³/mol. The average Bonchev–Trinajstić information content (AvgIpc) is 2.60. The van der Waals surface area contributed by atoms with Gasteiger partial charge in [0, 0.05) is 15.6 Å². The Morgan fingerprint density at radius 1 is 0.923 bits per heavy atom. The lowest BCUT2D eigenvalue weighted by Gasteiger charge is -2.34. The molecule has 0 fully saturated rings. The number of rotatable bonds is 6. The zero-order valence-corrected chi connectivity index (χ0v) is 15.1. The van der Waals surface area contributed by atoms with E-state index in [1.54, 1.807) is 0 Å². The van der Waals surface area contributed by atoms with Gasteiger partial charge in [0.25, 0.3) is 5.91 Å². The number of hydrogen-bond acceptors (Lipinski definition) is 3. The van der Waals surface area contributed by atoms with Gasteiger partial charge in [-0.15, -0.1) is 0 Å². The molecule has 0 spiro atoms. The van der Waals surface area contributed by atoms with Gasteiger partial charge in [-0.2, -0.15) is 0 Å². The molecule has 136 valence electrons. The normalized spacial score (nSPS) is 14.1. The summed E-state index contributed by atoms with van der Waals surface area (Å²) in [5, 5.41) is 22.4. The third-order valence-electron chi connectivity index (χ3n) is 4.07. The third kappa shape index (κ3) is 3.81. The maximum Gasteiger partial charge on any atom is 0.335 e. The van der Waals surface area contributed by atoms with Crippen molar-refractivity contribution in [3.05, 3.63) is 69.7 Å². The highest BCUT2D eigenvalue weighted by atomic mass is 35.5. The molecule has 2 aromatic rings. The molecule has 0 aliphatic carbocycles. The van der Waals surface area contributed by atoms with Gasteiger partial charge >= 0.3 is 11.9 Å². The van der Waals surface area contributed by atoms with E-state index in [4.69, 9.17) is 23.2 Å². The molecule has 26 heavy (non-hydrogen) atoms. The Bertz CT molecular complexity index is 836. The van der Waals surface area contributed by atoms with E-state index in [9.17, 15) is 24.6 Å². The minimum absolute atomic E-state index is 0.0895. The molecule has 0 aliphatic rings. The van der Waals surface area contributed by atoms with Gasteiger partial charge in [0.1, 0.15) is 0 Å². The van der Waals surface area contributed by atoms with Crippen LogP contribution in [0.15, 0.2) is 48.5 Å². The van der Waals surface area contributed by atoms with E-state index >= 15 is 0 Å². The highest BCUT2D eigenvalue weighted by Gasteiger charge is 2.50. The van der Waals surface area contributed by atoms with Gasteiger partial charge in [0.2, 0.25) is 0 Å². The lowest BCUT2D eigenvalue weighted by molar-refractivity contribution is -0.156. The second-order valence-electron chi connectivity index (χ2n) is 5.64. The number of carboxylic acid groups (broad SMARTS) is 2. The number of benzene rings is 2. The zero-order chi connectivity index (χ0) is 19.5. The summed E-state index contributed by atoms with van der Waals surface area (Å²) in [6, 6.07) is 11.4. The van der Waals surface area contributed by atoms with Crippen LogP contribution in [-0.2, 0) is 15.1 Å². The van der Waals surface area contributed by atoms with Crippen molar-refractivity contribution in [3.8, 4) is 0 Å². The molecule has 0 heterocycles. The van der Waals surface area contributed by atoms with Crippen molar-refractivity contribution in [2.45, 2.75) is 12.5 Å². The van der Waals surface area contributed by atoms with Crippen molar-refractivity contribution in [2.24, 2.45) is 5.92 Å². The second-order valence-corrected chi connectivity index (χ2v) is 6.51. The van der Waals surface area contributed by atoms with Crippen LogP contribution in [0, 0.1) is 5.92 Å². The van der Waals surface area contributed by atoms with Crippen LogP contribution in [0.1, 0.15) is 22.8 Å². The maximum atomic E-state index is 12.6. The van der Waals surface area contributed by atoms with Crippen LogP contribution in [0.3, 0.4) is 0 Å². The van der Waals surface area contributed by atoms with Gasteiger partial charge < -0.3 is 15.5 Å². The molecule has 0 saturated carbocycles. The van der Waals surface area contributed by atoms with E-state index < -0.39 is 29.3 Å². The summed E-state index contributed by atoms with van der Waals surface area (Å²) >= 11 is 11.6. The van der Waals surface area contributed by atoms with E-state index in [1.165, 1.54) is 55.5 Å². The fourth-order valence-corrected chi connectivity index (χ4v) is 2.80. The smallest absolute Gasteiger partial charge is 0.335 e. The fraction of sp³-hybridized carbons (Fsp3) is 0.167. The number of amides is 1. The molecule has 2 aromatic carbocycles. The molecule has 6 nitrogen and oxygen atoms in total. The van der Waals surface area contributed by atoms with Gasteiger partial charge in [-0.25, -0.2) is 4.79 Å². The Morgan fingerprint density at radius 3 is 1.81 bits per heavy atom. The number of hydrogen-bond donors (Lipinski definition) is 3.